The largest absolute Gasteiger partial charge is 0.365 e. The number of thiocarbonyl (C=S) groups is 1. The van der Waals surface area contributed by atoms with E-state index >= 15 is 0 Å². The van der Waals surface area contributed by atoms with Gasteiger partial charge in [0.25, 0.3) is 11.8 Å². The fourth-order valence-corrected chi connectivity index (χ4v) is 4.88. The van der Waals surface area contributed by atoms with Gasteiger partial charge in [0.2, 0.25) is 0 Å². The minimum atomic E-state index is -0.478. The lowest BCUT2D eigenvalue weighted by molar-refractivity contribution is -0.122. The molecule has 2 aliphatic heterocycles. The van der Waals surface area contributed by atoms with Gasteiger partial charge in [0.15, 0.2) is 5.11 Å². The zero-order valence-electron chi connectivity index (χ0n) is 20.2. The van der Waals surface area contributed by atoms with Crippen molar-refractivity contribution in [3.05, 3.63) is 69.8 Å². The maximum Gasteiger partial charge on any atom is 0.270 e. The maximum atomic E-state index is 13.5. The Kier molecular flexibility index (Phi) is 5.53. The first-order valence-electron chi connectivity index (χ1n) is 11.0. The highest BCUT2D eigenvalue weighted by molar-refractivity contribution is 7.80. The first kappa shape index (κ1) is 22.9. The van der Waals surface area contributed by atoms with E-state index in [1.165, 1.54) is 10.5 Å². The van der Waals surface area contributed by atoms with Gasteiger partial charge in [-0.1, -0.05) is 12.1 Å². The smallest absolute Gasteiger partial charge is 0.270 e. The van der Waals surface area contributed by atoms with Crippen molar-refractivity contribution in [2.75, 3.05) is 16.8 Å². The van der Waals surface area contributed by atoms with E-state index < -0.39 is 11.8 Å². The van der Waals surface area contributed by atoms with Crippen LogP contribution in [0.25, 0.3) is 11.6 Å². The molecule has 0 radical (unpaired) electrons. The molecule has 2 amide bonds. The van der Waals surface area contributed by atoms with Gasteiger partial charge in [-0.2, -0.15) is 0 Å². The lowest BCUT2D eigenvalue weighted by Gasteiger charge is -2.41. The molecule has 0 aromatic heterocycles. The Labute approximate surface area is 200 Å². The number of carbonyl (C=O) groups excluding carboxylic acids is 2. The van der Waals surface area contributed by atoms with Gasteiger partial charge in [-0.3, -0.25) is 19.8 Å². The van der Waals surface area contributed by atoms with Crippen LogP contribution in [-0.4, -0.2) is 29.5 Å². The van der Waals surface area contributed by atoms with Crippen molar-refractivity contribution in [1.82, 2.24) is 5.32 Å². The third kappa shape index (κ3) is 4.00. The van der Waals surface area contributed by atoms with E-state index in [4.69, 9.17) is 12.2 Å². The summed E-state index contributed by atoms with van der Waals surface area (Å²) >= 11 is 5.36. The topological polar surface area (TPSA) is 52.7 Å². The summed E-state index contributed by atoms with van der Waals surface area (Å²) in [5, 5.41) is 2.78. The van der Waals surface area contributed by atoms with Crippen molar-refractivity contribution in [3.8, 4) is 0 Å². The van der Waals surface area contributed by atoms with Crippen LogP contribution in [-0.2, 0) is 9.59 Å². The van der Waals surface area contributed by atoms with Gasteiger partial charge in [0.05, 0.1) is 11.2 Å². The Hall–Kier alpha value is -3.25. The Balaban J connectivity index is 1.80. The van der Waals surface area contributed by atoms with Gasteiger partial charge in [-0.25, -0.2) is 0 Å². The molecule has 0 spiro atoms. The van der Waals surface area contributed by atoms with Gasteiger partial charge in [0.1, 0.15) is 5.57 Å². The molecule has 0 bridgehead atoms. The third-order valence-electron chi connectivity index (χ3n) is 6.47. The predicted octanol–water partition coefficient (Wildman–Crippen LogP) is 5.07. The third-order valence-corrected chi connectivity index (χ3v) is 6.76. The summed E-state index contributed by atoms with van der Waals surface area (Å²) in [6, 6.07) is 9.99. The van der Waals surface area contributed by atoms with E-state index in [0.29, 0.717) is 5.69 Å². The molecule has 33 heavy (non-hydrogen) atoms. The number of amides is 2. The number of rotatable bonds is 2. The van der Waals surface area contributed by atoms with Gasteiger partial charge in [0, 0.05) is 18.3 Å². The Morgan fingerprint density at radius 1 is 0.970 bits per heavy atom. The van der Waals surface area contributed by atoms with Crippen LogP contribution in [0, 0.1) is 20.8 Å². The molecule has 0 saturated carbocycles. The van der Waals surface area contributed by atoms with E-state index in [-0.39, 0.29) is 16.2 Å². The number of hydrogen-bond acceptors (Lipinski definition) is 4. The molecule has 0 atom stereocenters. The number of likely N-dealkylation sites (N-methyl/N-ethyl adjacent to an activating group) is 1. The maximum absolute atomic E-state index is 13.5. The van der Waals surface area contributed by atoms with E-state index in [2.05, 4.69) is 56.2 Å². The zero-order chi connectivity index (χ0) is 24.2. The van der Waals surface area contributed by atoms with Crippen LogP contribution in [0.5, 0.6) is 0 Å². The standard InChI is InChI=1S/C27H29N3O2S/c1-15-8-16(2)10-20(9-15)30-25(32)22(24(31)28-26(30)33)13-19-12-21-18(4)14-27(5,6)29(7)23(21)11-17(19)3/h8-14H,1-7H3,(H,28,31,33)/b22-13+. The highest BCUT2D eigenvalue weighted by atomic mass is 32.1. The van der Waals surface area contributed by atoms with E-state index in [1.54, 1.807) is 6.08 Å². The number of allylic oxidation sites excluding steroid dienone is 1. The van der Waals surface area contributed by atoms with Crippen molar-refractivity contribution in [2.24, 2.45) is 0 Å². The number of hydrogen-bond donors (Lipinski definition) is 1. The minimum Gasteiger partial charge on any atom is -0.365 e. The van der Waals surface area contributed by atoms with E-state index in [1.807, 2.05) is 39.0 Å². The second kappa shape index (κ2) is 7.96. The first-order chi connectivity index (χ1) is 15.4. The SMILES string of the molecule is CC1=CC(C)(C)N(C)c2cc(C)c(/C=C3\C(=O)NC(=S)N(c4cc(C)cc(C)c4)C3=O)cc21. The number of carbonyl (C=O) groups is 2. The molecule has 1 N–H and O–H groups in total. The number of benzene rings is 2. The van der Waals surface area contributed by atoms with E-state index in [9.17, 15) is 9.59 Å². The highest BCUT2D eigenvalue weighted by Crippen LogP contribution is 2.39. The normalized spacial score (nSPS) is 18.9. The fourth-order valence-electron chi connectivity index (χ4n) is 4.60. The number of nitrogens with zero attached hydrogens (tertiary/aromatic N) is 2. The van der Waals surface area contributed by atoms with Gasteiger partial charge in [-0.15, -0.1) is 0 Å². The van der Waals surface area contributed by atoms with Gasteiger partial charge >= 0.3 is 0 Å². The molecule has 5 nitrogen and oxygen atoms in total. The van der Waals surface area contributed by atoms with Crippen LogP contribution in [0.15, 0.2) is 42.0 Å². The summed E-state index contributed by atoms with van der Waals surface area (Å²) in [5.41, 5.74) is 7.89. The Morgan fingerprint density at radius 2 is 1.61 bits per heavy atom. The molecule has 0 unspecified atom stereocenters. The second-order valence-electron chi connectivity index (χ2n) is 9.57. The first-order valence-corrected chi connectivity index (χ1v) is 11.4. The van der Waals surface area contributed by atoms with Crippen LogP contribution in [0.2, 0.25) is 0 Å². The zero-order valence-corrected chi connectivity index (χ0v) is 21.0. The molecule has 2 heterocycles. The van der Waals surface area contributed by atoms with Crippen LogP contribution in [0.4, 0.5) is 11.4 Å². The Bertz CT molecular complexity index is 1270. The lowest BCUT2D eigenvalue weighted by atomic mass is 9.87. The van der Waals surface area contributed by atoms with Gasteiger partial charge in [-0.05, 0) is 112 Å². The molecule has 6 heteroatoms. The summed E-state index contributed by atoms with van der Waals surface area (Å²) in [5.74, 6) is -0.898. The Morgan fingerprint density at radius 3 is 2.24 bits per heavy atom. The quantitative estimate of drug-likeness (QED) is 0.387. The average molecular weight is 460 g/mol. The summed E-state index contributed by atoms with van der Waals surface area (Å²) < 4.78 is 0. The van der Waals surface area contributed by atoms with E-state index in [0.717, 1.165) is 33.5 Å². The summed E-state index contributed by atoms with van der Waals surface area (Å²) in [6.07, 6.45) is 3.91. The number of fused-ring (bicyclic) bond motifs is 1. The van der Waals surface area contributed by atoms with Crippen molar-refractivity contribution in [2.45, 2.75) is 47.1 Å². The highest BCUT2D eigenvalue weighted by Gasteiger charge is 2.35. The average Bonchev–Trinajstić information content (AvgIpc) is 2.69. The van der Waals surface area contributed by atoms with Gasteiger partial charge < -0.3 is 4.90 Å². The molecular formula is C27H29N3O2S. The number of nitrogens with one attached hydrogen (secondary N) is 1. The molecule has 1 saturated heterocycles. The molecule has 2 aliphatic rings. The van der Waals surface area contributed by atoms with Crippen molar-refractivity contribution in [3.63, 3.8) is 0 Å². The summed E-state index contributed by atoms with van der Waals surface area (Å²) in [6.45, 7) is 12.4. The van der Waals surface area contributed by atoms with Crippen LogP contribution in [0.1, 0.15) is 48.6 Å². The predicted molar refractivity (Wildman–Crippen MR) is 139 cm³/mol. The molecule has 0 aliphatic carbocycles. The number of aryl methyl sites for hydroxylation is 3. The number of anilines is 2. The van der Waals surface area contributed by atoms with Crippen LogP contribution in [0.3, 0.4) is 0 Å². The monoisotopic (exact) mass is 459 g/mol. The van der Waals surface area contributed by atoms with Crippen LogP contribution >= 0.6 is 12.2 Å². The summed E-state index contributed by atoms with van der Waals surface area (Å²) in [4.78, 5) is 29.9. The molecule has 2 aromatic carbocycles. The fraction of sp³-hybridized carbons (Fsp3) is 0.296. The molecule has 1 fully saturated rings. The lowest BCUT2D eigenvalue weighted by Crippen LogP contribution is -2.54. The van der Waals surface area contributed by atoms with Crippen LogP contribution < -0.4 is 15.1 Å². The van der Waals surface area contributed by atoms with Crippen molar-refractivity contribution >= 4 is 52.2 Å². The van der Waals surface area contributed by atoms with Crippen molar-refractivity contribution in [1.29, 1.82) is 0 Å². The molecule has 170 valence electrons. The minimum absolute atomic E-state index is 0.0666. The molecule has 2 aromatic rings. The molecular weight excluding hydrogens is 430 g/mol. The molecule has 4 rings (SSSR count). The van der Waals surface area contributed by atoms with Crippen molar-refractivity contribution < 1.29 is 9.59 Å². The summed E-state index contributed by atoms with van der Waals surface area (Å²) in [7, 11) is 2.08. The second-order valence-corrected chi connectivity index (χ2v) is 9.96.